The van der Waals surface area contributed by atoms with Gasteiger partial charge in [-0.25, -0.2) is 0 Å². The molecule has 0 atom stereocenters. The van der Waals surface area contributed by atoms with Crippen molar-refractivity contribution in [1.29, 1.82) is 5.41 Å². The van der Waals surface area contributed by atoms with E-state index in [4.69, 9.17) is 14.9 Å². The van der Waals surface area contributed by atoms with E-state index < -0.39 is 5.91 Å². The Hall–Kier alpha value is -2.65. The minimum atomic E-state index is -0.428. The average Bonchev–Trinajstić information content (AvgIpc) is 3.10. The summed E-state index contributed by atoms with van der Waals surface area (Å²) >= 11 is 1.31. The highest BCUT2D eigenvalue weighted by atomic mass is 32.2. The Balaban J connectivity index is 1.60. The topological polar surface area (TPSA) is 90.6 Å². The normalized spacial score (nSPS) is 21.7. The largest absolute Gasteiger partial charge is 0.497 e. The summed E-state index contributed by atoms with van der Waals surface area (Å²) in [7, 11) is 1.60. The molecule has 0 aliphatic carbocycles. The Bertz CT molecular complexity index is 840. The summed E-state index contributed by atoms with van der Waals surface area (Å²) in [6.45, 7) is 2.77. The molecule has 0 bridgehead atoms. The maximum absolute atomic E-state index is 12.4. The predicted octanol–water partition coefficient (Wildman–Crippen LogP) is 1.60. The lowest BCUT2D eigenvalue weighted by Crippen LogP contribution is -2.39. The van der Waals surface area contributed by atoms with Gasteiger partial charge in [-0.3, -0.25) is 10.2 Å². The van der Waals surface area contributed by atoms with Crippen molar-refractivity contribution in [3.05, 3.63) is 35.4 Å². The van der Waals surface area contributed by atoms with Crippen molar-refractivity contribution in [3.8, 4) is 5.75 Å². The molecule has 4 rings (SSSR count). The van der Waals surface area contributed by atoms with E-state index in [-0.39, 0.29) is 11.4 Å². The van der Waals surface area contributed by atoms with E-state index in [2.05, 4.69) is 15.0 Å². The average molecular weight is 371 g/mol. The highest BCUT2D eigenvalue weighted by Crippen LogP contribution is 2.30. The molecule has 9 heteroatoms. The fourth-order valence-corrected chi connectivity index (χ4v) is 3.68. The molecule has 1 amide bonds. The Morgan fingerprint density at radius 2 is 1.96 bits per heavy atom. The van der Waals surface area contributed by atoms with Crippen LogP contribution in [0.3, 0.4) is 0 Å². The van der Waals surface area contributed by atoms with Gasteiger partial charge in [0.15, 0.2) is 11.0 Å². The third-order valence-corrected chi connectivity index (χ3v) is 5.12. The molecule has 0 saturated carbocycles. The number of carbonyl (C=O) groups excluding carboxylic acids is 1. The van der Waals surface area contributed by atoms with Gasteiger partial charge in [0.05, 0.1) is 25.9 Å². The second-order valence-electron chi connectivity index (χ2n) is 5.78. The quantitative estimate of drug-likeness (QED) is 0.794. The number of hydrogen-bond donors (Lipinski definition) is 1. The summed E-state index contributed by atoms with van der Waals surface area (Å²) in [6, 6.07) is 7.26. The van der Waals surface area contributed by atoms with E-state index >= 15 is 0 Å². The summed E-state index contributed by atoms with van der Waals surface area (Å²) < 4.78 is 10.5. The van der Waals surface area contributed by atoms with Gasteiger partial charge < -0.3 is 14.4 Å². The number of hydrogen-bond acceptors (Lipinski definition) is 7. The highest BCUT2D eigenvalue weighted by Gasteiger charge is 2.37. The zero-order valence-corrected chi connectivity index (χ0v) is 15.0. The van der Waals surface area contributed by atoms with Gasteiger partial charge in [0.25, 0.3) is 5.91 Å². The third kappa shape index (κ3) is 3.11. The van der Waals surface area contributed by atoms with Crippen molar-refractivity contribution >= 4 is 39.9 Å². The number of fused-ring (bicyclic) bond motifs is 1. The molecule has 0 radical (unpaired) electrons. The molecule has 3 aliphatic heterocycles. The fourth-order valence-electron chi connectivity index (χ4n) is 2.73. The van der Waals surface area contributed by atoms with Gasteiger partial charge in [-0.15, -0.1) is 5.10 Å². The van der Waals surface area contributed by atoms with Crippen LogP contribution < -0.4 is 4.74 Å². The van der Waals surface area contributed by atoms with Gasteiger partial charge >= 0.3 is 0 Å². The predicted molar refractivity (Wildman–Crippen MR) is 100 cm³/mol. The Labute approximate surface area is 154 Å². The van der Waals surface area contributed by atoms with Crippen LogP contribution in [0.1, 0.15) is 5.56 Å². The number of amidine groups is 3. The first-order valence-electron chi connectivity index (χ1n) is 8.12. The Morgan fingerprint density at radius 1 is 1.23 bits per heavy atom. The maximum atomic E-state index is 12.4. The molecule has 0 unspecified atom stereocenters. The number of rotatable bonds is 2. The first kappa shape index (κ1) is 16.8. The van der Waals surface area contributed by atoms with E-state index in [1.165, 1.54) is 16.8 Å². The van der Waals surface area contributed by atoms with Crippen LogP contribution in [-0.2, 0) is 9.53 Å². The van der Waals surface area contributed by atoms with E-state index in [9.17, 15) is 4.79 Å². The molecular formula is C17H17N5O3S. The second kappa shape index (κ2) is 6.93. The number of hydrazone groups is 1. The summed E-state index contributed by atoms with van der Waals surface area (Å²) in [4.78, 5) is 18.6. The van der Waals surface area contributed by atoms with Crippen molar-refractivity contribution < 1.29 is 14.3 Å². The van der Waals surface area contributed by atoms with Crippen molar-refractivity contribution in [2.45, 2.75) is 0 Å². The minimum Gasteiger partial charge on any atom is -0.497 e. The van der Waals surface area contributed by atoms with Crippen LogP contribution in [0.2, 0.25) is 0 Å². The number of aliphatic imine (C=N–C) groups is 1. The van der Waals surface area contributed by atoms with E-state index in [0.29, 0.717) is 18.4 Å². The number of morpholine rings is 1. The van der Waals surface area contributed by atoms with Crippen LogP contribution >= 0.6 is 11.8 Å². The lowest BCUT2D eigenvalue weighted by atomic mass is 10.1. The summed E-state index contributed by atoms with van der Waals surface area (Å²) in [5.74, 6) is 0.336. The lowest BCUT2D eigenvalue weighted by Gasteiger charge is -2.26. The van der Waals surface area contributed by atoms with Gasteiger partial charge in [0.1, 0.15) is 5.75 Å². The molecule has 0 spiro atoms. The SMILES string of the molecule is COc1ccc(/C=C2\C(=N)N3N=C(N4CCOCC4)SC3=NC2=O)cc1. The molecule has 134 valence electrons. The Kier molecular flexibility index (Phi) is 4.48. The lowest BCUT2D eigenvalue weighted by molar-refractivity contribution is -0.114. The summed E-state index contributed by atoms with van der Waals surface area (Å²) in [5, 5.41) is 15.5. The summed E-state index contributed by atoms with van der Waals surface area (Å²) in [5.41, 5.74) is 1.01. The molecule has 1 aromatic rings. The smallest absolute Gasteiger partial charge is 0.283 e. The van der Waals surface area contributed by atoms with E-state index in [0.717, 1.165) is 29.6 Å². The van der Waals surface area contributed by atoms with E-state index in [1.54, 1.807) is 25.3 Å². The first-order chi connectivity index (χ1) is 12.7. The van der Waals surface area contributed by atoms with Crippen LogP contribution in [0.4, 0.5) is 0 Å². The van der Waals surface area contributed by atoms with Gasteiger partial charge in [0, 0.05) is 13.1 Å². The van der Waals surface area contributed by atoms with E-state index in [1.807, 2.05) is 12.1 Å². The molecule has 1 aromatic carbocycles. The maximum Gasteiger partial charge on any atom is 0.283 e. The highest BCUT2D eigenvalue weighted by molar-refractivity contribution is 8.26. The minimum absolute atomic E-state index is 0.0339. The third-order valence-electron chi connectivity index (χ3n) is 4.15. The number of nitrogens with one attached hydrogen (secondary N) is 1. The molecule has 3 aliphatic rings. The monoisotopic (exact) mass is 371 g/mol. The number of thioether (sulfide) groups is 1. The fraction of sp³-hybridized carbons (Fsp3) is 0.294. The second-order valence-corrected chi connectivity index (χ2v) is 6.71. The standard InChI is InChI=1S/C17H17N5O3S/c1-24-12-4-2-11(3-5-12)10-13-14(18)22-16(19-15(13)23)26-17(20-22)21-6-8-25-9-7-21/h2-5,10,18H,6-9H2,1H3/b13-10+,18-14?. The van der Waals surface area contributed by atoms with Crippen LogP contribution in [-0.4, -0.2) is 65.4 Å². The molecule has 0 aromatic heterocycles. The van der Waals surface area contributed by atoms with Gasteiger partial charge in [0.2, 0.25) is 5.17 Å². The van der Waals surface area contributed by atoms with Crippen LogP contribution in [0.5, 0.6) is 5.75 Å². The summed E-state index contributed by atoms with van der Waals surface area (Å²) in [6.07, 6.45) is 1.65. The number of carbonyl (C=O) groups is 1. The number of methoxy groups -OCH3 is 1. The van der Waals surface area contributed by atoms with Crippen molar-refractivity contribution in [2.24, 2.45) is 10.1 Å². The number of nitrogens with zero attached hydrogens (tertiary/aromatic N) is 4. The first-order valence-corrected chi connectivity index (χ1v) is 8.94. The molecule has 26 heavy (non-hydrogen) atoms. The van der Waals surface area contributed by atoms with Crippen molar-refractivity contribution in [2.75, 3.05) is 33.4 Å². The van der Waals surface area contributed by atoms with Crippen LogP contribution in [0.15, 0.2) is 39.9 Å². The zero-order chi connectivity index (χ0) is 18.1. The number of amides is 1. The molecule has 1 N–H and O–H groups in total. The van der Waals surface area contributed by atoms with Gasteiger partial charge in [-0.1, -0.05) is 12.1 Å². The molecule has 8 nitrogen and oxygen atoms in total. The number of ether oxygens (including phenoxy) is 2. The zero-order valence-electron chi connectivity index (χ0n) is 14.1. The van der Waals surface area contributed by atoms with Crippen molar-refractivity contribution in [1.82, 2.24) is 9.91 Å². The Morgan fingerprint density at radius 3 is 2.65 bits per heavy atom. The van der Waals surface area contributed by atoms with Crippen molar-refractivity contribution in [3.63, 3.8) is 0 Å². The van der Waals surface area contributed by atoms with Crippen LogP contribution in [0, 0.1) is 5.41 Å². The molecule has 3 heterocycles. The molecule has 1 fully saturated rings. The number of benzene rings is 1. The van der Waals surface area contributed by atoms with Crippen LogP contribution in [0.25, 0.3) is 6.08 Å². The van der Waals surface area contributed by atoms with Gasteiger partial charge in [-0.2, -0.15) is 10.0 Å². The molecular weight excluding hydrogens is 354 g/mol. The van der Waals surface area contributed by atoms with Gasteiger partial charge in [-0.05, 0) is 35.5 Å². The molecule has 1 saturated heterocycles.